The van der Waals surface area contributed by atoms with Gasteiger partial charge < -0.3 is 10.1 Å². The van der Waals surface area contributed by atoms with Gasteiger partial charge in [0.1, 0.15) is 17.4 Å². The van der Waals surface area contributed by atoms with Crippen molar-refractivity contribution in [3.63, 3.8) is 0 Å². The van der Waals surface area contributed by atoms with E-state index in [1.165, 1.54) is 29.3 Å². The van der Waals surface area contributed by atoms with Gasteiger partial charge in [0.25, 0.3) is 0 Å². The molecule has 1 heterocycles. The highest BCUT2D eigenvalue weighted by Gasteiger charge is 2.28. The van der Waals surface area contributed by atoms with E-state index in [1.54, 1.807) is 55.6 Å². The van der Waals surface area contributed by atoms with Crippen LogP contribution in [-0.4, -0.2) is 30.4 Å². The van der Waals surface area contributed by atoms with Crippen molar-refractivity contribution in [3.05, 3.63) is 95.6 Å². The molecule has 31 heavy (non-hydrogen) atoms. The van der Waals surface area contributed by atoms with Crippen molar-refractivity contribution < 1.29 is 18.3 Å². The van der Waals surface area contributed by atoms with Crippen molar-refractivity contribution >= 4 is 17.4 Å². The first-order valence-electron chi connectivity index (χ1n) is 9.86. The van der Waals surface area contributed by atoms with Gasteiger partial charge in [-0.1, -0.05) is 24.3 Å². The Balaban J connectivity index is 1.62. The predicted molar refractivity (Wildman–Crippen MR) is 115 cm³/mol. The van der Waals surface area contributed by atoms with E-state index < -0.39 is 0 Å². The molecule has 0 saturated heterocycles. The molecule has 1 unspecified atom stereocenters. The third-order valence-electron chi connectivity index (χ3n) is 5.18. The molecule has 0 spiro atoms. The maximum absolute atomic E-state index is 13.5. The molecule has 2 amide bonds. The van der Waals surface area contributed by atoms with Crippen molar-refractivity contribution in [2.45, 2.75) is 12.3 Å². The van der Waals surface area contributed by atoms with E-state index in [0.717, 1.165) is 5.56 Å². The van der Waals surface area contributed by atoms with E-state index in [0.29, 0.717) is 35.7 Å². The summed E-state index contributed by atoms with van der Waals surface area (Å²) in [6.45, 7) is 0.384. The van der Waals surface area contributed by atoms with Gasteiger partial charge in [0.2, 0.25) is 0 Å². The van der Waals surface area contributed by atoms with E-state index in [4.69, 9.17) is 4.74 Å². The second kappa shape index (κ2) is 8.95. The minimum absolute atomic E-state index is 0.143. The fraction of sp³-hybridized carbons (Fsp3) is 0.167. The van der Waals surface area contributed by atoms with E-state index in [1.807, 2.05) is 0 Å². The number of ether oxygens (including phenoxy) is 1. The molecular weight excluding hydrogens is 400 g/mol. The lowest BCUT2D eigenvalue weighted by atomic mass is 9.86. The third kappa shape index (κ3) is 4.71. The molecule has 3 aromatic carbocycles. The fourth-order valence-corrected chi connectivity index (χ4v) is 3.55. The van der Waals surface area contributed by atoms with Crippen LogP contribution in [-0.2, 0) is 0 Å². The van der Waals surface area contributed by atoms with Gasteiger partial charge in [-0.2, -0.15) is 5.10 Å². The highest BCUT2D eigenvalue weighted by Crippen LogP contribution is 2.30. The number of hydrogen-bond donors (Lipinski definition) is 1. The smallest absolute Gasteiger partial charge is 0.342 e. The van der Waals surface area contributed by atoms with E-state index in [2.05, 4.69) is 10.4 Å². The molecule has 7 heteroatoms. The molecule has 0 fully saturated rings. The SMILES string of the molecule is COc1ccc(NC(=O)N2CCC(c3ccc(F)cc3)C(c3ccc(F)cc3)=N2)cc1. The molecule has 1 aliphatic heterocycles. The monoisotopic (exact) mass is 421 g/mol. The van der Waals surface area contributed by atoms with Gasteiger partial charge in [0.15, 0.2) is 0 Å². The number of benzene rings is 3. The number of rotatable bonds is 4. The molecule has 0 aromatic heterocycles. The largest absolute Gasteiger partial charge is 0.497 e. The Bertz CT molecular complexity index is 1080. The summed E-state index contributed by atoms with van der Waals surface area (Å²) < 4.78 is 32.0. The number of urea groups is 1. The van der Waals surface area contributed by atoms with E-state index in [9.17, 15) is 13.6 Å². The van der Waals surface area contributed by atoms with Crippen molar-refractivity contribution in [2.24, 2.45) is 5.10 Å². The molecular formula is C24H21F2N3O2. The molecule has 5 nitrogen and oxygen atoms in total. The number of halogens is 2. The number of nitrogens with zero attached hydrogens (tertiary/aromatic N) is 2. The Labute approximate surface area is 179 Å². The average Bonchev–Trinajstić information content (AvgIpc) is 2.80. The molecule has 0 aliphatic carbocycles. The summed E-state index contributed by atoms with van der Waals surface area (Å²) in [7, 11) is 1.57. The standard InChI is InChI=1S/C24H21F2N3O2/c1-31-21-12-10-20(11-13-21)27-24(30)29-15-14-22(16-2-6-18(25)7-3-16)23(28-29)17-4-8-19(26)9-5-17/h2-13,22H,14-15H2,1H3,(H,27,30). The fourth-order valence-electron chi connectivity index (χ4n) is 3.55. The van der Waals surface area contributed by atoms with Crippen LogP contribution in [0.3, 0.4) is 0 Å². The van der Waals surface area contributed by atoms with Crippen LogP contribution in [0.1, 0.15) is 23.5 Å². The predicted octanol–water partition coefficient (Wildman–Crippen LogP) is 5.40. The Hall–Kier alpha value is -3.74. The molecule has 1 atom stereocenters. The molecule has 0 radical (unpaired) electrons. The van der Waals surface area contributed by atoms with E-state index in [-0.39, 0.29) is 23.6 Å². The number of carbonyl (C=O) groups is 1. The highest BCUT2D eigenvalue weighted by atomic mass is 19.1. The van der Waals surface area contributed by atoms with Crippen LogP contribution in [0.15, 0.2) is 77.9 Å². The first-order chi connectivity index (χ1) is 15.0. The summed E-state index contributed by atoms with van der Waals surface area (Å²) in [5.41, 5.74) is 2.84. The number of carbonyl (C=O) groups excluding carboxylic acids is 1. The van der Waals surface area contributed by atoms with Gasteiger partial charge in [-0.05, 0) is 66.1 Å². The lowest BCUT2D eigenvalue weighted by Crippen LogP contribution is -2.38. The summed E-state index contributed by atoms with van der Waals surface area (Å²) in [5.74, 6) is -0.126. The molecule has 0 bridgehead atoms. The molecule has 0 saturated carbocycles. The number of methoxy groups -OCH3 is 1. The lowest BCUT2D eigenvalue weighted by Gasteiger charge is -2.30. The number of hydrazone groups is 1. The zero-order chi connectivity index (χ0) is 21.8. The topological polar surface area (TPSA) is 53.9 Å². The van der Waals surface area contributed by atoms with Crippen LogP contribution in [0, 0.1) is 11.6 Å². The Morgan fingerprint density at radius 3 is 2.19 bits per heavy atom. The molecule has 3 aromatic rings. The normalized spacial score (nSPS) is 15.9. The van der Waals surface area contributed by atoms with Crippen molar-refractivity contribution in [3.8, 4) is 5.75 Å². The quantitative estimate of drug-likeness (QED) is 0.613. The van der Waals surface area contributed by atoms with Crippen LogP contribution < -0.4 is 10.1 Å². The molecule has 1 aliphatic rings. The lowest BCUT2D eigenvalue weighted by molar-refractivity contribution is 0.210. The first-order valence-corrected chi connectivity index (χ1v) is 9.86. The minimum atomic E-state index is -0.373. The van der Waals surface area contributed by atoms with E-state index >= 15 is 0 Å². The molecule has 4 rings (SSSR count). The zero-order valence-electron chi connectivity index (χ0n) is 16.9. The Kier molecular flexibility index (Phi) is 5.93. The zero-order valence-corrected chi connectivity index (χ0v) is 16.9. The molecule has 158 valence electrons. The van der Waals surface area contributed by atoms with Crippen LogP contribution in [0.25, 0.3) is 0 Å². The third-order valence-corrected chi connectivity index (χ3v) is 5.18. The summed E-state index contributed by atoms with van der Waals surface area (Å²) >= 11 is 0. The highest BCUT2D eigenvalue weighted by molar-refractivity contribution is 6.06. The van der Waals surface area contributed by atoms with Gasteiger partial charge in [0.05, 0.1) is 12.8 Å². The van der Waals surface area contributed by atoms with Crippen molar-refractivity contribution in [1.29, 1.82) is 0 Å². The summed E-state index contributed by atoms with van der Waals surface area (Å²) in [6.07, 6.45) is 0.595. The first kappa shape index (κ1) is 20.5. The maximum Gasteiger partial charge on any atom is 0.342 e. The number of anilines is 1. The Morgan fingerprint density at radius 1 is 0.968 bits per heavy atom. The second-order valence-corrected chi connectivity index (χ2v) is 7.17. The number of amides is 2. The second-order valence-electron chi connectivity index (χ2n) is 7.17. The summed E-state index contributed by atoms with van der Waals surface area (Å²) in [5, 5.41) is 8.77. The number of hydrogen-bond acceptors (Lipinski definition) is 3. The number of nitrogens with one attached hydrogen (secondary N) is 1. The van der Waals surface area contributed by atoms with Gasteiger partial charge >= 0.3 is 6.03 Å². The molecule has 1 N–H and O–H groups in total. The van der Waals surface area contributed by atoms with Crippen molar-refractivity contribution in [1.82, 2.24) is 5.01 Å². The van der Waals surface area contributed by atoms with Crippen molar-refractivity contribution in [2.75, 3.05) is 19.0 Å². The van der Waals surface area contributed by atoms with Crippen LogP contribution in [0.5, 0.6) is 5.75 Å². The minimum Gasteiger partial charge on any atom is -0.497 e. The summed E-state index contributed by atoms with van der Waals surface area (Å²) in [6, 6.07) is 18.8. The van der Waals surface area contributed by atoms with Crippen LogP contribution >= 0.6 is 0 Å². The van der Waals surface area contributed by atoms with Gasteiger partial charge in [-0.25, -0.2) is 18.6 Å². The van der Waals surface area contributed by atoms with Crippen LogP contribution in [0.2, 0.25) is 0 Å². The van der Waals surface area contributed by atoms with Gasteiger partial charge in [0, 0.05) is 18.2 Å². The van der Waals surface area contributed by atoms with Gasteiger partial charge in [-0.3, -0.25) is 0 Å². The summed E-state index contributed by atoms with van der Waals surface area (Å²) in [4.78, 5) is 12.8. The average molecular weight is 421 g/mol. The van der Waals surface area contributed by atoms with Crippen LogP contribution in [0.4, 0.5) is 19.3 Å². The Morgan fingerprint density at radius 2 is 1.58 bits per heavy atom. The maximum atomic E-state index is 13.5. The van der Waals surface area contributed by atoms with Gasteiger partial charge in [-0.15, -0.1) is 0 Å².